The van der Waals surface area contributed by atoms with Crippen LogP contribution in [0.15, 0.2) is 54.6 Å². The van der Waals surface area contributed by atoms with Crippen LogP contribution in [-0.2, 0) is 6.54 Å². The molecule has 0 aliphatic carbocycles. The number of benzene rings is 2. The van der Waals surface area contributed by atoms with E-state index in [9.17, 15) is 13.9 Å². The quantitative estimate of drug-likeness (QED) is 0.590. The smallest absolute Gasteiger partial charge is 0.225 e. The van der Waals surface area contributed by atoms with Gasteiger partial charge in [0.1, 0.15) is 5.82 Å². The Bertz CT molecular complexity index is 906. The molecule has 0 aliphatic heterocycles. The zero-order valence-corrected chi connectivity index (χ0v) is 14.8. The molecule has 0 aliphatic rings. The molecular weight excluding hydrogens is 350 g/mol. The molecular formula is C20H20F2N4O. The van der Waals surface area contributed by atoms with Gasteiger partial charge >= 0.3 is 0 Å². The number of nitrogens with zero attached hydrogens (tertiary/aromatic N) is 2. The van der Waals surface area contributed by atoms with Gasteiger partial charge in [-0.25, -0.2) is 13.8 Å². The van der Waals surface area contributed by atoms with Gasteiger partial charge in [-0.2, -0.15) is 4.98 Å². The van der Waals surface area contributed by atoms with Crippen LogP contribution in [0, 0.1) is 11.6 Å². The lowest BCUT2D eigenvalue weighted by Gasteiger charge is -2.14. The highest BCUT2D eigenvalue weighted by molar-refractivity contribution is 5.64. The summed E-state index contributed by atoms with van der Waals surface area (Å²) in [5.74, 6) is -0.871. The van der Waals surface area contributed by atoms with Gasteiger partial charge in [-0.15, -0.1) is 0 Å². The van der Waals surface area contributed by atoms with E-state index in [2.05, 4.69) is 20.6 Å². The Morgan fingerprint density at radius 3 is 2.48 bits per heavy atom. The van der Waals surface area contributed by atoms with Gasteiger partial charge in [-0.3, -0.25) is 0 Å². The molecule has 27 heavy (non-hydrogen) atoms. The van der Waals surface area contributed by atoms with Crippen molar-refractivity contribution in [3.8, 4) is 11.3 Å². The predicted octanol–water partition coefficient (Wildman–Crippen LogP) is 3.83. The molecule has 140 valence electrons. The second-order valence-electron chi connectivity index (χ2n) is 6.16. The lowest BCUT2D eigenvalue weighted by molar-refractivity contribution is 0.281. The van der Waals surface area contributed by atoms with E-state index < -0.39 is 11.6 Å². The monoisotopic (exact) mass is 370 g/mol. The van der Waals surface area contributed by atoms with E-state index in [1.807, 2.05) is 37.3 Å². The van der Waals surface area contributed by atoms with Crippen LogP contribution in [-0.4, -0.2) is 27.7 Å². The lowest BCUT2D eigenvalue weighted by atomic mass is 10.1. The van der Waals surface area contributed by atoms with Crippen LogP contribution in [0.4, 0.5) is 20.5 Å². The maximum Gasteiger partial charge on any atom is 0.225 e. The number of aliphatic hydroxyl groups excluding tert-OH is 1. The SMILES string of the molecule is C[C@@H](CO)Nc1nc(NCc2ccc(F)c(F)c2)cc(-c2ccccc2)n1. The Kier molecular flexibility index (Phi) is 5.93. The van der Waals surface area contributed by atoms with Crippen LogP contribution >= 0.6 is 0 Å². The fourth-order valence-electron chi connectivity index (χ4n) is 2.47. The van der Waals surface area contributed by atoms with Gasteiger partial charge in [-0.1, -0.05) is 36.4 Å². The summed E-state index contributed by atoms with van der Waals surface area (Å²) in [7, 11) is 0. The van der Waals surface area contributed by atoms with Crippen LogP contribution in [0.1, 0.15) is 12.5 Å². The maximum absolute atomic E-state index is 13.4. The number of nitrogens with one attached hydrogen (secondary N) is 2. The van der Waals surface area contributed by atoms with Gasteiger partial charge in [-0.05, 0) is 24.6 Å². The predicted molar refractivity (Wildman–Crippen MR) is 101 cm³/mol. The minimum Gasteiger partial charge on any atom is -0.394 e. The zero-order valence-electron chi connectivity index (χ0n) is 14.8. The molecule has 1 atom stereocenters. The van der Waals surface area contributed by atoms with Crippen LogP contribution in [0.25, 0.3) is 11.3 Å². The van der Waals surface area contributed by atoms with E-state index in [0.29, 0.717) is 23.0 Å². The Balaban J connectivity index is 1.86. The summed E-state index contributed by atoms with van der Waals surface area (Å²) < 4.78 is 26.4. The normalized spacial score (nSPS) is 11.9. The van der Waals surface area contributed by atoms with Gasteiger partial charge < -0.3 is 15.7 Å². The third kappa shape index (κ3) is 4.98. The average molecular weight is 370 g/mol. The molecule has 2 aromatic carbocycles. The maximum atomic E-state index is 13.4. The van der Waals surface area contributed by atoms with Gasteiger partial charge in [0.25, 0.3) is 0 Å². The van der Waals surface area contributed by atoms with Crippen LogP contribution in [0.3, 0.4) is 0 Å². The molecule has 0 bridgehead atoms. The number of rotatable bonds is 7. The lowest BCUT2D eigenvalue weighted by Crippen LogP contribution is -2.21. The van der Waals surface area contributed by atoms with E-state index in [4.69, 9.17) is 0 Å². The standard InChI is InChI=1S/C20H20F2N4O/c1-13(12-27)24-20-25-18(15-5-3-2-4-6-15)10-19(26-20)23-11-14-7-8-16(21)17(22)9-14/h2-10,13,27H,11-12H2,1H3,(H2,23,24,25,26)/t13-/m0/s1. The highest BCUT2D eigenvalue weighted by Crippen LogP contribution is 2.22. The first-order chi connectivity index (χ1) is 13.0. The van der Waals surface area contributed by atoms with Crippen molar-refractivity contribution in [3.63, 3.8) is 0 Å². The number of anilines is 2. The highest BCUT2D eigenvalue weighted by atomic mass is 19.2. The number of aromatic nitrogens is 2. The molecule has 3 N–H and O–H groups in total. The summed E-state index contributed by atoms with van der Waals surface area (Å²) in [6.45, 7) is 2.03. The topological polar surface area (TPSA) is 70.1 Å². The highest BCUT2D eigenvalue weighted by Gasteiger charge is 2.10. The average Bonchev–Trinajstić information content (AvgIpc) is 2.69. The first-order valence-electron chi connectivity index (χ1n) is 8.55. The molecule has 0 unspecified atom stereocenters. The molecule has 0 saturated carbocycles. The van der Waals surface area contributed by atoms with Crippen molar-refractivity contribution in [2.24, 2.45) is 0 Å². The van der Waals surface area contributed by atoms with Crippen molar-refractivity contribution >= 4 is 11.8 Å². The van der Waals surface area contributed by atoms with Crippen LogP contribution in [0.5, 0.6) is 0 Å². The molecule has 0 fully saturated rings. The summed E-state index contributed by atoms with van der Waals surface area (Å²) in [5, 5.41) is 15.4. The molecule has 0 spiro atoms. The van der Waals surface area contributed by atoms with Crippen molar-refractivity contribution in [2.75, 3.05) is 17.2 Å². The first kappa shape index (κ1) is 18.7. The van der Waals surface area contributed by atoms with Gasteiger partial charge in [0.15, 0.2) is 11.6 Å². The zero-order chi connectivity index (χ0) is 19.2. The van der Waals surface area contributed by atoms with Crippen molar-refractivity contribution in [2.45, 2.75) is 19.5 Å². The molecule has 0 radical (unpaired) electrons. The summed E-state index contributed by atoms with van der Waals surface area (Å²) in [6.07, 6.45) is 0. The van der Waals surface area contributed by atoms with Crippen molar-refractivity contribution in [1.82, 2.24) is 9.97 Å². The van der Waals surface area contributed by atoms with Crippen molar-refractivity contribution in [1.29, 1.82) is 0 Å². The van der Waals surface area contributed by atoms with Crippen LogP contribution in [0.2, 0.25) is 0 Å². The minimum absolute atomic E-state index is 0.0590. The second-order valence-corrected chi connectivity index (χ2v) is 6.16. The molecule has 1 heterocycles. The van der Waals surface area contributed by atoms with E-state index in [1.165, 1.54) is 6.07 Å². The minimum atomic E-state index is -0.888. The Hall–Kier alpha value is -3.06. The van der Waals surface area contributed by atoms with E-state index in [-0.39, 0.29) is 19.2 Å². The number of hydrogen-bond acceptors (Lipinski definition) is 5. The van der Waals surface area contributed by atoms with Gasteiger partial charge in [0.2, 0.25) is 5.95 Å². The largest absolute Gasteiger partial charge is 0.394 e. The molecule has 1 aromatic heterocycles. The molecule has 3 aromatic rings. The Labute approximate surface area is 156 Å². The van der Waals surface area contributed by atoms with E-state index in [1.54, 1.807) is 6.07 Å². The number of aliphatic hydroxyl groups is 1. The molecule has 5 nitrogen and oxygen atoms in total. The molecule has 3 rings (SSSR count). The first-order valence-corrected chi connectivity index (χ1v) is 8.55. The summed E-state index contributed by atoms with van der Waals surface area (Å²) in [5.41, 5.74) is 2.20. The third-order valence-electron chi connectivity index (χ3n) is 3.90. The summed E-state index contributed by atoms with van der Waals surface area (Å²) in [4.78, 5) is 8.88. The summed E-state index contributed by atoms with van der Waals surface area (Å²) in [6, 6.07) is 14.9. The van der Waals surface area contributed by atoms with Crippen molar-refractivity contribution < 1.29 is 13.9 Å². The Morgan fingerprint density at radius 1 is 1.00 bits per heavy atom. The van der Waals surface area contributed by atoms with Crippen molar-refractivity contribution in [3.05, 3.63) is 71.8 Å². The molecule has 0 amide bonds. The van der Waals surface area contributed by atoms with Gasteiger partial charge in [0, 0.05) is 24.2 Å². The Morgan fingerprint density at radius 2 is 1.78 bits per heavy atom. The fourth-order valence-corrected chi connectivity index (χ4v) is 2.47. The summed E-state index contributed by atoms with van der Waals surface area (Å²) >= 11 is 0. The van der Waals surface area contributed by atoms with Gasteiger partial charge in [0.05, 0.1) is 12.3 Å². The number of halogens is 2. The van der Waals surface area contributed by atoms with E-state index >= 15 is 0 Å². The van der Waals surface area contributed by atoms with Crippen LogP contribution < -0.4 is 10.6 Å². The molecule has 0 saturated heterocycles. The second kappa shape index (κ2) is 8.55. The fraction of sp³-hybridized carbons (Fsp3) is 0.200. The third-order valence-corrected chi connectivity index (χ3v) is 3.90. The van der Waals surface area contributed by atoms with E-state index in [0.717, 1.165) is 17.7 Å². The molecule has 7 heteroatoms. The number of hydrogen-bond donors (Lipinski definition) is 3.